The highest BCUT2D eigenvalue weighted by atomic mass is 19.1. The van der Waals surface area contributed by atoms with Crippen molar-refractivity contribution in [3.05, 3.63) is 54.3 Å². The van der Waals surface area contributed by atoms with E-state index >= 15 is 0 Å². The van der Waals surface area contributed by atoms with Gasteiger partial charge in [0, 0.05) is 0 Å². The Labute approximate surface area is 93.1 Å². The van der Waals surface area contributed by atoms with Gasteiger partial charge in [-0.1, -0.05) is 36.4 Å². The van der Waals surface area contributed by atoms with Crippen molar-refractivity contribution in [1.82, 2.24) is 0 Å². The van der Waals surface area contributed by atoms with Crippen molar-refractivity contribution in [1.29, 1.82) is 0 Å². The summed E-state index contributed by atoms with van der Waals surface area (Å²) in [5.74, 6) is -0.484. The van der Waals surface area contributed by atoms with Crippen molar-refractivity contribution >= 4 is 12.6 Å². The van der Waals surface area contributed by atoms with Crippen molar-refractivity contribution in [3.63, 3.8) is 0 Å². The quantitative estimate of drug-likeness (QED) is 0.739. The van der Waals surface area contributed by atoms with Crippen molar-refractivity contribution in [2.24, 2.45) is 0 Å². The van der Waals surface area contributed by atoms with Crippen LogP contribution in [0.15, 0.2) is 48.5 Å². The summed E-state index contributed by atoms with van der Waals surface area (Å²) in [6.07, 6.45) is 0. The Hall–Kier alpha value is -1.65. The maximum absolute atomic E-state index is 13.0. The van der Waals surface area contributed by atoms with Gasteiger partial charge in [-0.25, -0.2) is 4.39 Å². The van der Waals surface area contributed by atoms with Gasteiger partial charge >= 0.3 is 7.12 Å². The molecule has 0 bridgehead atoms. The molecule has 0 heterocycles. The lowest BCUT2D eigenvalue weighted by Crippen LogP contribution is -2.31. The van der Waals surface area contributed by atoms with Gasteiger partial charge in [0.15, 0.2) is 0 Å². The Morgan fingerprint density at radius 3 is 2.25 bits per heavy atom. The topological polar surface area (TPSA) is 40.5 Å². The molecule has 16 heavy (non-hydrogen) atoms. The minimum Gasteiger partial charge on any atom is -0.423 e. The molecule has 0 saturated carbocycles. The summed E-state index contributed by atoms with van der Waals surface area (Å²) in [5.41, 5.74) is 1.62. The lowest BCUT2D eigenvalue weighted by atomic mass is 9.75. The molecule has 2 nitrogen and oxygen atoms in total. The summed E-state index contributed by atoms with van der Waals surface area (Å²) < 4.78 is 13.0. The molecule has 4 heteroatoms. The third-order valence-electron chi connectivity index (χ3n) is 2.38. The normalized spacial score (nSPS) is 10.2. The predicted molar refractivity (Wildman–Crippen MR) is 61.7 cm³/mol. The molecular formula is C12H10BFO2. The fraction of sp³-hybridized carbons (Fsp3) is 0. The first kappa shape index (κ1) is 10.9. The predicted octanol–water partition coefficient (Wildman–Crippen LogP) is 1.17. The summed E-state index contributed by atoms with van der Waals surface area (Å²) in [6, 6.07) is 13.2. The van der Waals surface area contributed by atoms with E-state index in [0.717, 1.165) is 11.6 Å². The Kier molecular flexibility index (Phi) is 3.03. The summed E-state index contributed by atoms with van der Waals surface area (Å²) in [5, 5.41) is 18.4. The van der Waals surface area contributed by atoms with Gasteiger partial charge in [-0.3, -0.25) is 0 Å². The molecule has 80 valence electrons. The van der Waals surface area contributed by atoms with Gasteiger partial charge in [-0.05, 0) is 28.7 Å². The monoisotopic (exact) mass is 216 g/mol. The van der Waals surface area contributed by atoms with Crippen molar-refractivity contribution in [2.45, 2.75) is 0 Å². The molecular weight excluding hydrogens is 206 g/mol. The summed E-state index contributed by atoms with van der Waals surface area (Å²) in [4.78, 5) is 0. The van der Waals surface area contributed by atoms with Crippen molar-refractivity contribution < 1.29 is 14.4 Å². The SMILES string of the molecule is OB(O)c1cc(F)ccc1-c1ccccc1. The zero-order valence-electron chi connectivity index (χ0n) is 8.47. The Morgan fingerprint density at radius 1 is 0.938 bits per heavy atom. The van der Waals surface area contributed by atoms with E-state index in [2.05, 4.69) is 0 Å². The third-order valence-corrected chi connectivity index (χ3v) is 2.38. The zero-order chi connectivity index (χ0) is 11.5. The molecule has 2 rings (SSSR count). The van der Waals surface area contributed by atoms with E-state index in [0.29, 0.717) is 5.56 Å². The molecule has 0 radical (unpaired) electrons. The van der Waals surface area contributed by atoms with Crippen LogP contribution in [-0.4, -0.2) is 17.2 Å². The zero-order valence-corrected chi connectivity index (χ0v) is 8.47. The van der Waals surface area contributed by atoms with Crippen LogP contribution in [0.5, 0.6) is 0 Å². The highest BCUT2D eigenvalue weighted by Gasteiger charge is 2.17. The minimum atomic E-state index is -1.68. The van der Waals surface area contributed by atoms with Crippen LogP contribution in [-0.2, 0) is 0 Å². The van der Waals surface area contributed by atoms with Crippen LogP contribution in [0.4, 0.5) is 4.39 Å². The molecule has 0 aliphatic rings. The largest absolute Gasteiger partial charge is 0.489 e. The highest BCUT2D eigenvalue weighted by molar-refractivity contribution is 6.60. The summed E-state index contributed by atoms with van der Waals surface area (Å²) in [6.45, 7) is 0. The third kappa shape index (κ3) is 2.13. The molecule has 0 aliphatic heterocycles. The van der Waals surface area contributed by atoms with E-state index in [1.54, 1.807) is 6.07 Å². The van der Waals surface area contributed by atoms with Gasteiger partial charge < -0.3 is 10.0 Å². The van der Waals surface area contributed by atoms with E-state index < -0.39 is 12.9 Å². The number of rotatable bonds is 2. The second kappa shape index (κ2) is 4.47. The average molecular weight is 216 g/mol. The first-order valence-electron chi connectivity index (χ1n) is 4.89. The van der Waals surface area contributed by atoms with E-state index in [-0.39, 0.29) is 5.46 Å². The molecule has 0 aromatic heterocycles. The number of halogens is 1. The average Bonchev–Trinajstić information content (AvgIpc) is 2.30. The maximum Gasteiger partial charge on any atom is 0.489 e. The lowest BCUT2D eigenvalue weighted by Gasteiger charge is -2.08. The van der Waals surface area contributed by atoms with Crippen LogP contribution >= 0.6 is 0 Å². The van der Waals surface area contributed by atoms with Crippen LogP contribution in [0.1, 0.15) is 0 Å². The van der Waals surface area contributed by atoms with Gasteiger partial charge in [0.2, 0.25) is 0 Å². The van der Waals surface area contributed by atoms with Crippen molar-refractivity contribution in [3.8, 4) is 11.1 Å². The smallest absolute Gasteiger partial charge is 0.423 e. The highest BCUT2D eigenvalue weighted by Crippen LogP contribution is 2.17. The standard InChI is InChI=1S/C12H10BFO2/c14-10-6-7-11(12(8-10)13(15)16)9-4-2-1-3-5-9/h1-8,15-16H. The first-order chi connectivity index (χ1) is 7.68. The van der Waals surface area contributed by atoms with Gasteiger partial charge in [0.05, 0.1) is 0 Å². The number of hydrogen-bond donors (Lipinski definition) is 2. The fourth-order valence-corrected chi connectivity index (χ4v) is 1.63. The molecule has 2 aromatic rings. The molecule has 2 aromatic carbocycles. The number of benzene rings is 2. The maximum atomic E-state index is 13.0. The second-order valence-electron chi connectivity index (χ2n) is 3.47. The Balaban J connectivity index is 2.57. The van der Waals surface area contributed by atoms with Gasteiger partial charge in [-0.2, -0.15) is 0 Å². The Bertz CT molecular complexity index is 486. The van der Waals surface area contributed by atoms with E-state index in [9.17, 15) is 14.4 Å². The molecule has 0 amide bonds. The van der Waals surface area contributed by atoms with Crippen LogP contribution in [0.3, 0.4) is 0 Å². The molecule has 0 aliphatic carbocycles. The molecule has 0 spiro atoms. The fourth-order valence-electron chi connectivity index (χ4n) is 1.63. The Morgan fingerprint density at radius 2 is 1.62 bits per heavy atom. The van der Waals surface area contributed by atoms with Gasteiger partial charge in [0.25, 0.3) is 0 Å². The summed E-state index contributed by atoms with van der Waals surface area (Å²) in [7, 11) is -1.68. The molecule has 0 saturated heterocycles. The van der Waals surface area contributed by atoms with Crippen molar-refractivity contribution in [2.75, 3.05) is 0 Å². The van der Waals surface area contributed by atoms with E-state index in [4.69, 9.17) is 0 Å². The number of hydrogen-bond acceptors (Lipinski definition) is 2. The molecule has 0 atom stereocenters. The van der Waals surface area contributed by atoms with Gasteiger partial charge in [-0.15, -0.1) is 0 Å². The van der Waals surface area contributed by atoms with E-state index in [1.165, 1.54) is 6.07 Å². The lowest BCUT2D eigenvalue weighted by molar-refractivity contribution is 0.425. The van der Waals surface area contributed by atoms with Gasteiger partial charge in [0.1, 0.15) is 5.82 Å². The van der Waals surface area contributed by atoms with E-state index in [1.807, 2.05) is 30.3 Å². The van der Waals surface area contributed by atoms with Crippen LogP contribution in [0.25, 0.3) is 11.1 Å². The molecule has 0 unspecified atom stereocenters. The molecule has 0 fully saturated rings. The van der Waals surface area contributed by atoms with Crippen LogP contribution in [0, 0.1) is 5.82 Å². The minimum absolute atomic E-state index is 0.172. The molecule has 2 N–H and O–H groups in total. The second-order valence-corrected chi connectivity index (χ2v) is 3.47. The van der Waals surface area contributed by atoms with Crippen LogP contribution in [0.2, 0.25) is 0 Å². The first-order valence-corrected chi connectivity index (χ1v) is 4.89. The summed E-state index contributed by atoms with van der Waals surface area (Å²) >= 11 is 0. The van der Waals surface area contributed by atoms with Crippen LogP contribution < -0.4 is 5.46 Å².